The molecule has 1 aromatic heterocycles. The van der Waals surface area contributed by atoms with E-state index in [2.05, 4.69) is 11.2 Å². The molecule has 3 aromatic rings. The van der Waals surface area contributed by atoms with Crippen LogP contribution < -0.4 is 9.47 Å². The van der Waals surface area contributed by atoms with Crippen LogP contribution >= 0.6 is 0 Å². The van der Waals surface area contributed by atoms with Crippen LogP contribution in [0, 0.1) is 0 Å². The Bertz CT molecular complexity index is 1210. The highest BCUT2D eigenvalue weighted by molar-refractivity contribution is 5.97. The van der Waals surface area contributed by atoms with Gasteiger partial charge in [-0.05, 0) is 24.3 Å². The maximum Gasteiger partial charge on any atom is 0.257 e. The van der Waals surface area contributed by atoms with E-state index in [4.69, 9.17) is 14.2 Å². The predicted octanol–water partition coefficient (Wildman–Crippen LogP) is 4.17. The van der Waals surface area contributed by atoms with Gasteiger partial charge in [0.05, 0.1) is 30.7 Å². The second-order valence-electron chi connectivity index (χ2n) is 9.34. The lowest BCUT2D eigenvalue weighted by Crippen LogP contribution is -2.49. The third-order valence-electron chi connectivity index (χ3n) is 7.31. The molecule has 34 heavy (non-hydrogen) atoms. The van der Waals surface area contributed by atoms with Gasteiger partial charge in [0, 0.05) is 56.9 Å². The molecule has 4 heterocycles. The van der Waals surface area contributed by atoms with Crippen LogP contribution in [0.4, 0.5) is 0 Å². The zero-order valence-corrected chi connectivity index (χ0v) is 19.4. The van der Waals surface area contributed by atoms with Crippen LogP contribution in [0.15, 0.2) is 54.7 Å². The molecule has 0 atom stereocenters. The molecule has 2 fully saturated rings. The Morgan fingerprint density at radius 1 is 1.06 bits per heavy atom. The molecule has 7 nitrogen and oxygen atoms in total. The van der Waals surface area contributed by atoms with Gasteiger partial charge in [-0.15, -0.1) is 0 Å². The number of benzene rings is 2. The highest BCUT2D eigenvalue weighted by Crippen LogP contribution is 2.49. The Balaban J connectivity index is 1.22. The number of carbonyl (C=O) groups excluding carboxylic acids is 1. The fourth-order valence-corrected chi connectivity index (χ4v) is 5.44. The molecule has 0 bridgehead atoms. The van der Waals surface area contributed by atoms with Gasteiger partial charge in [-0.3, -0.25) is 9.48 Å². The van der Waals surface area contributed by atoms with Gasteiger partial charge in [0.25, 0.3) is 5.91 Å². The number of fused-ring (bicyclic) bond motifs is 4. The highest BCUT2D eigenvalue weighted by atomic mass is 16.5. The average molecular weight is 460 g/mol. The van der Waals surface area contributed by atoms with Crippen LogP contribution in [-0.2, 0) is 17.4 Å². The maximum atomic E-state index is 13.5. The summed E-state index contributed by atoms with van der Waals surface area (Å²) in [6.45, 7) is 2.63. The van der Waals surface area contributed by atoms with Crippen molar-refractivity contribution in [3.63, 3.8) is 0 Å². The number of carbonyl (C=O) groups is 1. The van der Waals surface area contributed by atoms with E-state index in [1.807, 2.05) is 65.3 Å². The Kier molecular flexibility index (Phi) is 5.29. The lowest BCUT2D eigenvalue weighted by molar-refractivity contribution is -0.00207. The Labute approximate surface area is 199 Å². The number of hydrogen-bond acceptors (Lipinski definition) is 5. The fraction of sp³-hybridized carbons (Fsp3) is 0.407. The van der Waals surface area contributed by atoms with E-state index in [9.17, 15) is 4.79 Å². The number of hydrogen-bond donors (Lipinski definition) is 0. The molecular formula is C27H29N3O4. The average Bonchev–Trinajstić information content (AvgIpc) is 3.28. The lowest BCUT2D eigenvalue weighted by atomic mass is 9.81. The number of nitrogens with zero attached hydrogens (tertiary/aromatic N) is 3. The maximum absolute atomic E-state index is 13.5. The molecule has 0 unspecified atom stereocenters. The Morgan fingerprint density at radius 2 is 1.79 bits per heavy atom. The second-order valence-corrected chi connectivity index (χ2v) is 9.34. The van der Waals surface area contributed by atoms with Crippen molar-refractivity contribution in [2.45, 2.75) is 37.4 Å². The SMILES string of the molecule is Cn1ncc2c1-c1ccccc1OC21CCN(C(=O)c2ccccc2OC2CCOCC2)CC1. The number of likely N-dealkylation sites (tertiary alicyclic amines) is 1. The molecule has 0 N–H and O–H groups in total. The summed E-state index contributed by atoms with van der Waals surface area (Å²) in [5.74, 6) is 1.56. The van der Waals surface area contributed by atoms with E-state index < -0.39 is 5.60 Å². The van der Waals surface area contributed by atoms with Crippen molar-refractivity contribution >= 4 is 5.91 Å². The molecule has 7 heteroatoms. The van der Waals surface area contributed by atoms with Crippen molar-refractivity contribution in [3.8, 4) is 22.8 Å². The number of para-hydroxylation sites is 2. The van der Waals surface area contributed by atoms with Crippen molar-refractivity contribution < 1.29 is 19.0 Å². The minimum Gasteiger partial charge on any atom is -0.489 e. The topological polar surface area (TPSA) is 65.8 Å². The first-order valence-corrected chi connectivity index (χ1v) is 12.1. The Hall–Kier alpha value is -3.32. The van der Waals surface area contributed by atoms with E-state index >= 15 is 0 Å². The molecule has 0 radical (unpaired) electrons. The number of ether oxygens (including phenoxy) is 3. The first-order chi connectivity index (χ1) is 16.6. The van der Waals surface area contributed by atoms with Crippen LogP contribution in [0.1, 0.15) is 41.6 Å². The molecule has 2 aromatic carbocycles. The van der Waals surface area contributed by atoms with E-state index in [-0.39, 0.29) is 12.0 Å². The summed E-state index contributed by atoms with van der Waals surface area (Å²) >= 11 is 0. The van der Waals surface area contributed by atoms with Gasteiger partial charge < -0.3 is 19.1 Å². The monoisotopic (exact) mass is 459 g/mol. The standard InChI is InChI=1S/C27H29N3O4/c1-29-25-20-6-2-5-9-24(20)34-27(22(25)18-28-29)12-14-30(15-13-27)26(31)21-7-3-4-8-23(21)33-19-10-16-32-17-11-19/h2-9,18-19H,10-17H2,1H3. The molecule has 0 aliphatic carbocycles. The van der Waals surface area contributed by atoms with Gasteiger partial charge in [-0.25, -0.2) is 0 Å². The van der Waals surface area contributed by atoms with E-state index in [1.165, 1.54) is 0 Å². The van der Waals surface area contributed by atoms with Crippen molar-refractivity contribution in [1.29, 1.82) is 0 Å². The van der Waals surface area contributed by atoms with E-state index in [1.54, 1.807) is 0 Å². The summed E-state index contributed by atoms with van der Waals surface area (Å²) in [7, 11) is 1.97. The highest BCUT2D eigenvalue weighted by Gasteiger charge is 2.46. The van der Waals surface area contributed by atoms with Crippen molar-refractivity contribution in [3.05, 3.63) is 65.9 Å². The zero-order valence-electron chi connectivity index (χ0n) is 19.4. The molecule has 0 saturated carbocycles. The van der Waals surface area contributed by atoms with E-state index in [0.717, 1.165) is 48.3 Å². The second kappa shape index (κ2) is 8.47. The zero-order chi connectivity index (χ0) is 23.1. The molecule has 1 spiro atoms. The summed E-state index contributed by atoms with van der Waals surface area (Å²) in [5, 5.41) is 4.55. The predicted molar refractivity (Wildman–Crippen MR) is 127 cm³/mol. The summed E-state index contributed by atoms with van der Waals surface area (Å²) in [5.41, 5.74) is 3.45. The van der Waals surface area contributed by atoms with Crippen molar-refractivity contribution in [2.75, 3.05) is 26.3 Å². The van der Waals surface area contributed by atoms with Gasteiger partial charge in [0.15, 0.2) is 0 Å². The number of aromatic nitrogens is 2. The third-order valence-corrected chi connectivity index (χ3v) is 7.31. The minimum absolute atomic E-state index is 0.0140. The van der Waals surface area contributed by atoms with Gasteiger partial charge >= 0.3 is 0 Å². The van der Waals surface area contributed by atoms with Crippen molar-refractivity contribution in [2.24, 2.45) is 7.05 Å². The van der Waals surface area contributed by atoms with Gasteiger partial charge in [-0.2, -0.15) is 5.10 Å². The van der Waals surface area contributed by atoms with Crippen LogP contribution in [0.5, 0.6) is 11.5 Å². The third kappa shape index (κ3) is 3.55. The first kappa shape index (κ1) is 21.2. The summed E-state index contributed by atoms with van der Waals surface area (Å²) in [6, 6.07) is 15.7. The first-order valence-electron chi connectivity index (χ1n) is 12.1. The van der Waals surface area contributed by atoms with Crippen LogP contribution in [-0.4, -0.2) is 53.0 Å². The molecule has 2 saturated heterocycles. The number of rotatable bonds is 3. The fourth-order valence-electron chi connectivity index (χ4n) is 5.44. The smallest absolute Gasteiger partial charge is 0.257 e. The minimum atomic E-state index is -0.465. The van der Waals surface area contributed by atoms with Crippen molar-refractivity contribution in [1.82, 2.24) is 14.7 Å². The molecule has 3 aliphatic heterocycles. The molecule has 1 amide bonds. The van der Waals surface area contributed by atoms with Crippen LogP contribution in [0.25, 0.3) is 11.3 Å². The largest absolute Gasteiger partial charge is 0.489 e. The molecular weight excluding hydrogens is 430 g/mol. The summed E-state index contributed by atoms with van der Waals surface area (Å²) in [6.07, 6.45) is 5.15. The normalized spacial score (nSPS) is 19.3. The van der Waals surface area contributed by atoms with E-state index in [0.29, 0.717) is 37.6 Å². The van der Waals surface area contributed by atoms with Crippen LogP contribution in [0.3, 0.4) is 0 Å². The van der Waals surface area contributed by atoms with Crippen LogP contribution in [0.2, 0.25) is 0 Å². The number of amides is 1. The number of aryl methyl sites for hydroxylation is 1. The quantitative estimate of drug-likeness (QED) is 0.588. The molecule has 3 aliphatic rings. The summed E-state index contributed by atoms with van der Waals surface area (Å²) < 4.78 is 20.2. The van der Waals surface area contributed by atoms with Gasteiger partial charge in [0.1, 0.15) is 23.2 Å². The van der Waals surface area contributed by atoms with Gasteiger partial charge in [0.2, 0.25) is 0 Å². The summed E-state index contributed by atoms with van der Waals surface area (Å²) in [4.78, 5) is 15.5. The molecule has 176 valence electrons. The van der Waals surface area contributed by atoms with Gasteiger partial charge in [-0.1, -0.05) is 24.3 Å². The lowest BCUT2D eigenvalue weighted by Gasteiger charge is -2.44. The molecule has 6 rings (SSSR count). The Morgan fingerprint density at radius 3 is 2.62 bits per heavy atom. The number of piperidine rings is 1.